The van der Waals surface area contributed by atoms with E-state index in [1.807, 2.05) is 44.4 Å². The number of imidazole rings is 2. The van der Waals surface area contributed by atoms with Crippen LogP contribution in [0.1, 0.15) is 76.8 Å². The number of aromatic amines is 1. The summed E-state index contributed by atoms with van der Waals surface area (Å²) in [6, 6.07) is 8.16. The zero-order valence-electron chi connectivity index (χ0n) is 25.3. The minimum atomic E-state index is -1.61. The molecule has 3 aromatic heterocycles. The zero-order chi connectivity index (χ0) is 30.6. The largest absolute Gasteiger partial charge is 0.479 e. The molecule has 10 heteroatoms. The molecule has 1 aromatic carbocycles. The van der Waals surface area contributed by atoms with E-state index in [9.17, 15) is 14.3 Å². The Kier molecular flexibility index (Phi) is 7.64. The fourth-order valence-electron chi connectivity index (χ4n) is 5.81. The maximum absolute atomic E-state index is 13.4. The van der Waals surface area contributed by atoms with Gasteiger partial charge in [-0.2, -0.15) is 0 Å². The Labute approximate surface area is 250 Å². The molecule has 0 bridgehead atoms. The number of fused-ring (bicyclic) bond motifs is 1. The topological polar surface area (TPSA) is 95.8 Å². The molecule has 1 fully saturated rings. The molecular formula is C32H39ClFN5O3. The molecule has 1 aliphatic rings. The van der Waals surface area contributed by atoms with Crippen molar-refractivity contribution in [3.8, 4) is 11.5 Å². The minimum Gasteiger partial charge on any atom is -0.479 e. The van der Waals surface area contributed by atoms with Gasteiger partial charge in [-0.25, -0.2) is 19.2 Å². The van der Waals surface area contributed by atoms with Crippen LogP contribution in [0.3, 0.4) is 0 Å². The van der Waals surface area contributed by atoms with Crippen LogP contribution in [0.15, 0.2) is 36.5 Å². The number of nitrogens with zero attached hydrogens (tertiary/aromatic N) is 4. The third-order valence-electron chi connectivity index (χ3n) is 8.00. The second-order valence-corrected chi connectivity index (χ2v) is 13.6. The van der Waals surface area contributed by atoms with Crippen LogP contribution in [0.4, 0.5) is 10.2 Å². The predicted molar refractivity (Wildman–Crippen MR) is 163 cm³/mol. The molecule has 5 rings (SSSR count). The number of anilines is 1. The van der Waals surface area contributed by atoms with Gasteiger partial charge < -0.3 is 19.7 Å². The summed E-state index contributed by atoms with van der Waals surface area (Å²) in [5.74, 6) is -0.0909. The lowest BCUT2D eigenvalue weighted by atomic mass is 9.82. The number of carbonyl (C=O) groups is 1. The number of hydrogen-bond donors (Lipinski definition) is 2. The van der Waals surface area contributed by atoms with E-state index in [4.69, 9.17) is 21.3 Å². The van der Waals surface area contributed by atoms with Gasteiger partial charge in [-0.05, 0) is 82.2 Å². The molecule has 8 nitrogen and oxygen atoms in total. The van der Waals surface area contributed by atoms with Crippen molar-refractivity contribution in [3.63, 3.8) is 0 Å². The molecule has 4 aromatic rings. The van der Waals surface area contributed by atoms with Crippen LogP contribution in [0, 0.1) is 18.2 Å². The first kappa shape index (κ1) is 30.0. The normalized spacial score (nSPS) is 17.0. The fraction of sp³-hybridized carbons (Fsp3) is 0.469. The summed E-state index contributed by atoms with van der Waals surface area (Å²) < 4.78 is 21.7. The Hall–Kier alpha value is -3.43. The van der Waals surface area contributed by atoms with Crippen molar-refractivity contribution in [1.82, 2.24) is 19.4 Å². The van der Waals surface area contributed by atoms with Crippen LogP contribution < -0.4 is 4.90 Å². The van der Waals surface area contributed by atoms with Crippen LogP contribution in [-0.4, -0.2) is 49.1 Å². The van der Waals surface area contributed by atoms with E-state index in [2.05, 4.69) is 28.7 Å². The van der Waals surface area contributed by atoms with Crippen molar-refractivity contribution < 1.29 is 19.0 Å². The monoisotopic (exact) mass is 595 g/mol. The van der Waals surface area contributed by atoms with Crippen molar-refractivity contribution in [2.24, 2.45) is 5.41 Å². The lowest BCUT2D eigenvalue weighted by molar-refractivity contribution is -0.183. The lowest BCUT2D eigenvalue weighted by Gasteiger charge is -2.42. The number of pyridine rings is 1. The highest BCUT2D eigenvalue weighted by molar-refractivity contribution is 6.30. The van der Waals surface area contributed by atoms with Gasteiger partial charge >= 0.3 is 5.97 Å². The minimum absolute atomic E-state index is 0.198. The Bertz CT molecular complexity index is 1630. The smallest absolute Gasteiger partial charge is 0.340 e. The van der Waals surface area contributed by atoms with E-state index in [0.29, 0.717) is 40.0 Å². The molecular weight excluding hydrogens is 557 g/mol. The number of H-pyrrole nitrogens is 1. The van der Waals surface area contributed by atoms with Gasteiger partial charge in [-0.1, -0.05) is 37.6 Å². The standard InChI is InChI=1S/C32H39ClFN5O3/c1-19-16-24-35-23(27-36-22(26(33)37-27)17-20-8-10-21(34)11-9-20)18-39(24)28(38-14-12-31(5,6)13-15-38)25(19)32(7,29(40)41)42-30(2,3)4/h8-11,16,18H,12-15,17H2,1-7H3,(H,36,37)(H,40,41). The fourth-order valence-corrected chi connectivity index (χ4v) is 6.01. The van der Waals surface area contributed by atoms with Gasteiger partial charge in [-0.3, -0.25) is 4.40 Å². The van der Waals surface area contributed by atoms with Crippen LogP contribution in [0.5, 0.6) is 0 Å². The number of benzene rings is 1. The summed E-state index contributed by atoms with van der Waals surface area (Å²) in [5, 5.41) is 10.9. The van der Waals surface area contributed by atoms with Crippen LogP contribution in [-0.2, 0) is 21.6 Å². The maximum Gasteiger partial charge on any atom is 0.340 e. The summed E-state index contributed by atoms with van der Waals surface area (Å²) in [6.07, 6.45) is 4.27. The number of piperidine rings is 1. The van der Waals surface area contributed by atoms with Crippen molar-refractivity contribution in [2.75, 3.05) is 18.0 Å². The zero-order valence-corrected chi connectivity index (χ0v) is 26.1. The second kappa shape index (κ2) is 10.7. The number of rotatable bonds is 7. The summed E-state index contributed by atoms with van der Waals surface area (Å²) >= 11 is 6.52. The summed E-state index contributed by atoms with van der Waals surface area (Å²) in [6.45, 7) is 15.2. The van der Waals surface area contributed by atoms with Crippen LogP contribution in [0.2, 0.25) is 5.15 Å². The SMILES string of the molecule is Cc1cc2nc(-c3nc(Cl)c(Cc4ccc(F)cc4)[nH]3)cn2c(N2CCC(C)(C)CC2)c1C(C)(OC(C)(C)C)C(=O)O. The molecule has 224 valence electrons. The van der Waals surface area contributed by atoms with Gasteiger partial charge in [0.25, 0.3) is 0 Å². The number of nitrogens with one attached hydrogen (secondary N) is 1. The van der Waals surface area contributed by atoms with E-state index in [0.717, 1.165) is 42.9 Å². The van der Waals surface area contributed by atoms with Crippen molar-refractivity contribution in [3.05, 3.63) is 69.9 Å². The Morgan fingerprint density at radius 1 is 1.14 bits per heavy atom. The number of ether oxygens (including phenoxy) is 1. The molecule has 0 spiro atoms. The first-order valence-corrected chi connectivity index (χ1v) is 14.6. The third kappa shape index (κ3) is 5.90. The van der Waals surface area contributed by atoms with Gasteiger partial charge in [0.15, 0.2) is 16.6 Å². The number of aliphatic carboxylic acids is 1. The Balaban J connectivity index is 1.65. The molecule has 0 aliphatic carbocycles. The van der Waals surface area contributed by atoms with Crippen molar-refractivity contribution >= 4 is 29.0 Å². The molecule has 1 atom stereocenters. The van der Waals surface area contributed by atoms with Gasteiger partial charge in [-0.15, -0.1) is 0 Å². The Morgan fingerprint density at radius 2 is 1.79 bits per heavy atom. The van der Waals surface area contributed by atoms with Crippen LogP contribution >= 0.6 is 11.6 Å². The highest BCUT2D eigenvalue weighted by Gasteiger charge is 2.45. The first-order valence-electron chi connectivity index (χ1n) is 14.3. The van der Waals surface area contributed by atoms with Gasteiger partial charge in [0.2, 0.25) is 0 Å². The molecule has 0 saturated carbocycles. The average Bonchev–Trinajstić information content (AvgIpc) is 3.46. The van der Waals surface area contributed by atoms with Gasteiger partial charge in [0.05, 0.1) is 11.3 Å². The molecule has 4 heterocycles. The number of aryl methyl sites for hydroxylation is 1. The molecule has 1 saturated heterocycles. The molecule has 1 aliphatic heterocycles. The molecule has 42 heavy (non-hydrogen) atoms. The first-order chi connectivity index (χ1) is 19.6. The van der Waals surface area contributed by atoms with Crippen molar-refractivity contribution in [2.45, 2.75) is 78.9 Å². The maximum atomic E-state index is 13.4. The highest BCUT2D eigenvalue weighted by atomic mass is 35.5. The predicted octanol–water partition coefficient (Wildman–Crippen LogP) is 7.16. The number of halogens is 2. The van der Waals surface area contributed by atoms with Crippen molar-refractivity contribution in [1.29, 1.82) is 0 Å². The van der Waals surface area contributed by atoms with E-state index < -0.39 is 17.2 Å². The third-order valence-corrected chi connectivity index (χ3v) is 8.31. The molecule has 0 radical (unpaired) electrons. The number of carboxylic acids is 1. The lowest BCUT2D eigenvalue weighted by Crippen LogP contribution is -2.45. The van der Waals surface area contributed by atoms with E-state index >= 15 is 0 Å². The van der Waals surface area contributed by atoms with Gasteiger partial charge in [0, 0.05) is 31.3 Å². The Morgan fingerprint density at radius 3 is 2.38 bits per heavy atom. The van der Waals surface area contributed by atoms with E-state index in [1.165, 1.54) is 12.1 Å². The van der Waals surface area contributed by atoms with Gasteiger partial charge in [0.1, 0.15) is 23.0 Å². The molecule has 2 N–H and O–H groups in total. The quantitative estimate of drug-likeness (QED) is 0.235. The summed E-state index contributed by atoms with van der Waals surface area (Å²) in [5.41, 5.74) is 2.10. The summed E-state index contributed by atoms with van der Waals surface area (Å²) in [7, 11) is 0. The number of carboxylic acid groups (broad SMARTS) is 1. The summed E-state index contributed by atoms with van der Waals surface area (Å²) in [4.78, 5) is 27.9. The molecule has 1 unspecified atom stereocenters. The number of hydrogen-bond acceptors (Lipinski definition) is 5. The van der Waals surface area contributed by atoms with Crippen LogP contribution in [0.25, 0.3) is 17.2 Å². The highest BCUT2D eigenvalue weighted by Crippen LogP contribution is 2.42. The number of aromatic nitrogens is 4. The van der Waals surface area contributed by atoms with E-state index in [-0.39, 0.29) is 11.2 Å². The second-order valence-electron chi connectivity index (χ2n) is 13.2. The van der Waals surface area contributed by atoms with E-state index in [1.54, 1.807) is 19.1 Å². The average molecular weight is 596 g/mol. The molecule has 0 amide bonds.